The van der Waals surface area contributed by atoms with Crippen molar-refractivity contribution in [2.45, 2.75) is 82.8 Å². The predicted octanol–water partition coefficient (Wildman–Crippen LogP) is 5.82. The largest absolute Gasteiger partial charge is 0.501 e. The normalized spacial score (nSPS) is 19.7. The maximum absolute atomic E-state index is 12.9. The van der Waals surface area contributed by atoms with Gasteiger partial charge in [0.05, 0.1) is 10.7 Å². The zero-order valence-corrected chi connectivity index (χ0v) is 21.9. The second kappa shape index (κ2) is 13.5. The minimum atomic E-state index is -2.69. The first-order valence-electron chi connectivity index (χ1n) is 11.6. The maximum Gasteiger partial charge on any atom is 0.501 e. The van der Waals surface area contributed by atoms with Crippen LogP contribution in [0.25, 0.3) is 0 Å². The molecule has 8 heteroatoms. The molecule has 0 spiro atoms. The van der Waals surface area contributed by atoms with Crippen molar-refractivity contribution in [2.75, 3.05) is 37.9 Å². The Balaban J connectivity index is 1.97. The monoisotopic (exact) mass is 476 g/mol. The van der Waals surface area contributed by atoms with E-state index in [0.717, 1.165) is 50.1 Å². The summed E-state index contributed by atoms with van der Waals surface area (Å²) in [5.74, 6) is 2.30. The molecule has 2 rings (SSSR count). The Kier molecular flexibility index (Phi) is 11.8. The molecule has 174 valence electrons. The van der Waals surface area contributed by atoms with Gasteiger partial charge in [0.2, 0.25) is 0 Å². The van der Waals surface area contributed by atoms with Crippen LogP contribution in [-0.2, 0) is 22.8 Å². The highest BCUT2D eigenvalue weighted by molar-refractivity contribution is 8.18. The van der Waals surface area contributed by atoms with Crippen LogP contribution in [0, 0.1) is 0 Å². The summed E-state index contributed by atoms with van der Waals surface area (Å²) in [5, 5.41) is 0. The Labute approximate surface area is 192 Å². The summed E-state index contributed by atoms with van der Waals surface area (Å²) in [6.07, 6.45) is 6.94. The van der Waals surface area contributed by atoms with Gasteiger partial charge in [0.25, 0.3) is 0 Å². The average molecular weight is 477 g/mol. The number of thioether (sulfide) groups is 2. The number of rotatable bonds is 13. The highest BCUT2D eigenvalue weighted by Crippen LogP contribution is 2.44. The zero-order valence-electron chi connectivity index (χ0n) is 19.3. The molecular formula is C22H40O5S2Si. The number of hydrogen-bond donors (Lipinski definition) is 0. The van der Waals surface area contributed by atoms with E-state index < -0.39 is 8.80 Å². The van der Waals surface area contributed by atoms with Gasteiger partial charge < -0.3 is 18.0 Å². The highest BCUT2D eigenvalue weighted by atomic mass is 32.2. The molecule has 1 fully saturated rings. The summed E-state index contributed by atoms with van der Waals surface area (Å²) in [4.78, 5) is 12.9. The van der Waals surface area contributed by atoms with Gasteiger partial charge in [0, 0.05) is 37.9 Å². The first kappa shape index (κ1) is 26.3. The van der Waals surface area contributed by atoms with Gasteiger partial charge in [-0.1, -0.05) is 5.57 Å². The first-order valence-corrected chi connectivity index (χ1v) is 15.5. The van der Waals surface area contributed by atoms with Gasteiger partial charge in [-0.05, 0) is 77.7 Å². The van der Waals surface area contributed by atoms with Crippen molar-refractivity contribution >= 4 is 38.3 Å². The summed E-state index contributed by atoms with van der Waals surface area (Å²) >= 11 is 4.00. The highest BCUT2D eigenvalue weighted by Gasteiger charge is 2.40. The van der Waals surface area contributed by atoms with Crippen LogP contribution in [0.15, 0.2) is 11.1 Å². The molecule has 1 heterocycles. The summed E-state index contributed by atoms with van der Waals surface area (Å²) in [6, 6.07) is 0.722. The van der Waals surface area contributed by atoms with Crippen LogP contribution in [0.5, 0.6) is 0 Å². The van der Waals surface area contributed by atoms with Crippen molar-refractivity contribution < 1.29 is 22.8 Å². The maximum atomic E-state index is 12.9. The molecule has 0 saturated carbocycles. The van der Waals surface area contributed by atoms with E-state index in [1.807, 2.05) is 44.3 Å². The molecule has 0 radical (unpaired) electrons. The molecule has 0 bridgehead atoms. The van der Waals surface area contributed by atoms with Crippen LogP contribution in [0.4, 0.5) is 0 Å². The SMILES string of the molecule is CCO[Si](CCC1=C(C(=O)OCCC2(C)SCCCS2)CCCC1)(OCC)OCC. The number of carbonyl (C=O) groups excluding carboxylic acids is 1. The van der Waals surface area contributed by atoms with Crippen LogP contribution in [0.3, 0.4) is 0 Å². The predicted molar refractivity (Wildman–Crippen MR) is 129 cm³/mol. The average Bonchev–Trinajstić information content (AvgIpc) is 2.73. The minimum Gasteiger partial charge on any atom is -0.462 e. The molecule has 0 unspecified atom stereocenters. The van der Waals surface area contributed by atoms with Gasteiger partial charge >= 0.3 is 14.8 Å². The van der Waals surface area contributed by atoms with Gasteiger partial charge in [-0.15, -0.1) is 23.5 Å². The lowest BCUT2D eigenvalue weighted by molar-refractivity contribution is -0.139. The van der Waals surface area contributed by atoms with Crippen LogP contribution >= 0.6 is 23.5 Å². The molecule has 0 amide bonds. The van der Waals surface area contributed by atoms with E-state index >= 15 is 0 Å². The Morgan fingerprint density at radius 3 is 2.17 bits per heavy atom. The molecule has 0 aromatic rings. The smallest absolute Gasteiger partial charge is 0.462 e. The molecule has 1 aliphatic carbocycles. The van der Waals surface area contributed by atoms with Crippen molar-refractivity contribution in [1.82, 2.24) is 0 Å². The molecule has 1 saturated heterocycles. The number of allylic oxidation sites excluding steroid dienone is 1. The fourth-order valence-electron chi connectivity index (χ4n) is 4.03. The lowest BCUT2D eigenvalue weighted by Gasteiger charge is -2.32. The summed E-state index contributed by atoms with van der Waals surface area (Å²) in [6.45, 7) is 10.4. The lowest BCUT2D eigenvalue weighted by Crippen LogP contribution is -2.46. The van der Waals surface area contributed by atoms with Crippen molar-refractivity contribution in [3.8, 4) is 0 Å². The number of ether oxygens (including phenoxy) is 1. The standard InChI is InChI=1S/C22H40O5S2Si/c1-5-25-30(26-6-2,27-7-3)18-13-19-11-8-9-12-20(19)21(23)24-15-14-22(4)28-16-10-17-29-22/h5-18H2,1-4H3. The van der Waals surface area contributed by atoms with E-state index in [-0.39, 0.29) is 10.0 Å². The molecule has 30 heavy (non-hydrogen) atoms. The Morgan fingerprint density at radius 1 is 0.967 bits per heavy atom. The van der Waals surface area contributed by atoms with Crippen molar-refractivity contribution in [3.63, 3.8) is 0 Å². The van der Waals surface area contributed by atoms with Gasteiger partial charge in [-0.25, -0.2) is 4.79 Å². The third kappa shape index (κ3) is 8.17. The number of hydrogen-bond acceptors (Lipinski definition) is 7. The topological polar surface area (TPSA) is 54.0 Å². The van der Waals surface area contributed by atoms with Gasteiger partial charge in [-0.2, -0.15) is 0 Å². The molecule has 0 aromatic carbocycles. The second-order valence-corrected chi connectivity index (χ2v) is 14.0. The van der Waals surface area contributed by atoms with Crippen molar-refractivity contribution in [2.24, 2.45) is 0 Å². The van der Waals surface area contributed by atoms with Gasteiger partial charge in [0.1, 0.15) is 0 Å². The molecule has 0 atom stereocenters. The molecule has 5 nitrogen and oxygen atoms in total. The molecule has 2 aliphatic rings. The van der Waals surface area contributed by atoms with Crippen LogP contribution < -0.4 is 0 Å². The summed E-state index contributed by atoms with van der Waals surface area (Å²) < 4.78 is 23.9. The Bertz CT molecular complexity index is 547. The third-order valence-corrected chi connectivity index (χ3v) is 11.9. The van der Waals surface area contributed by atoms with Crippen LogP contribution in [-0.4, -0.2) is 56.8 Å². The number of carbonyl (C=O) groups is 1. The summed E-state index contributed by atoms with van der Waals surface area (Å²) in [7, 11) is -2.69. The molecular weight excluding hydrogens is 436 g/mol. The van der Waals surface area contributed by atoms with Crippen molar-refractivity contribution in [3.05, 3.63) is 11.1 Å². The van der Waals surface area contributed by atoms with Crippen LogP contribution in [0.1, 0.15) is 72.6 Å². The van der Waals surface area contributed by atoms with E-state index in [2.05, 4.69) is 6.92 Å². The minimum absolute atomic E-state index is 0.115. The van der Waals surface area contributed by atoms with Gasteiger partial charge in [0.15, 0.2) is 0 Å². The fourth-order valence-corrected chi connectivity index (χ4v) is 9.56. The zero-order chi connectivity index (χ0) is 21.9. The molecule has 0 N–H and O–H groups in total. The number of esters is 1. The second-order valence-electron chi connectivity index (χ2n) is 7.84. The van der Waals surface area contributed by atoms with Gasteiger partial charge in [-0.3, -0.25) is 0 Å². The first-order chi connectivity index (χ1) is 14.5. The molecule has 1 aliphatic heterocycles. The quantitative estimate of drug-likeness (QED) is 0.245. The lowest BCUT2D eigenvalue weighted by atomic mass is 9.90. The Hall–Kier alpha value is 0.00688. The van der Waals surface area contributed by atoms with Crippen molar-refractivity contribution in [1.29, 1.82) is 0 Å². The fraction of sp³-hybridized carbons (Fsp3) is 0.864. The Morgan fingerprint density at radius 2 is 1.57 bits per heavy atom. The van der Waals surface area contributed by atoms with E-state index in [0.29, 0.717) is 26.4 Å². The summed E-state index contributed by atoms with van der Waals surface area (Å²) in [5.41, 5.74) is 2.11. The van der Waals surface area contributed by atoms with E-state index in [1.165, 1.54) is 23.5 Å². The van der Waals surface area contributed by atoms with E-state index in [1.54, 1.807) is 0 Å². The molecule has 0 aromatic heterocycles. The third-order valence-electron chi connectivity index (χ3n) is 5.55. The van der Waals surface area contributed by atoms with Crippen LogP contribution in [0.2, 0.25) is 6.04 Å². The van der Waals surface area contributed by atoms with E-state index in [4.69, 9.17) is 18.0 Å². The van der Waals surface area contributed by atoms with E-state index in [9.17, 15) is 4.79 Å².